The molecule has 1 aromatic carbocycles. The molecule has 18 heavy (non-hydrogen) atoms. The summed E-state index contributed by atoms with van der Waals surface area (Å²) in [6, 6.07) is 9.30. The number of nitrogens with zero attached hydrogens (tertiary/aromatic N) is 3. The summed E-state index contributed by atoms with van der Waals surface area (Å²) in [7, 11) is 3.69. The van der Waals surface area contributed by atoms with E-state index in [0.29, 0.717) is 12.1 Å². The van der Waals surface area contributed by atoms with Crippen LogP contribution in [0.3, 0.4) is 0 Å². The van der Waals surface area contributed by atoms with Gasteiger partial charge in [0.25, 0.3) is 5.91 Å². The first kappa shape index (κ1) is 12.4. The number of hydrogen-bond donors (Lipinski definition) is 0. The van der Waals surface area contributed by atoms with Crippen LogP contribution in [0.15, 0.2) is 36.5 Å². The van der Waals surface area contributed by atoms with Crippen molar-refractivity contribution in [1.29, 1.82) is 0 Å². The molecule has 4 nitrogen and oxygen atoms in total. The highest BCUT2D eigenvalue weighted by Crippen LogP contribution is 2.10. The first-order valence-electron chi connectivity index (χ1n) is 5.87. The van der Waals surface area contributed by atoms with Crippen LogP contribution in [0.25, 0.3) is 0 Å². The Bertz CT molecular complexity index is 545. The molecule has 4 heteroatoms. The normalized spacial score (nSPS) is 10.4. The van der Waals surface area contributed by atoms with E-state index in [2.05, 4.69) is 5.10 Å². The van der Waals surface area contributed by atoms with Crippen molar-refractivity contribution < 1.29 is 4.79 Å². The number of rotatable bonds is 3. The van der Waals surface area contributed by atoms with Crippen molar-refractivity contribution in [2.24, 2.45) is 7.05 Å². The van der Waals surface area contributed by atoms with Crippen LogP contribution in [0.2, 0.25) is 0 Å². The topological polar surface area (TPSA) is 38.1 Å². The van der Waals surface area contributed by atoms with Gasteiger partial charge in [0.1, 0.15) is 0 Å². The molecule has 0 bridgehead atoms. The van der Waals surface area contributed by atoms with Crippen LogP contribution in [-0.2, 0) is 13.6 Å². The van der Waals surface area contributed by atoms with Crippen molar-refractivity contribution in [1.82, 2.24) is 14.7 Å². The maximum atomic E-state index is 12.2. The molecule has 0 atom stereocenters. The Morgan fingerprint density at radius 3 is 2.56 bits per heavy atom. The van der Waals surface area contributed by atoms with E-state index in [9.17, 15) is 4.79 Å². The molecule has 94 valence electrons. The maximum Gasteiger partial charge on any atom is 0.253 e. The highest BCUT2D eigenvalue weighted by Gasteiger charge is 2.13. The van der Waals surface area contributed by atoms with Gasteiger partial charge in [-0.05, 0) is 19.1 Å². The molecule has 0 saturated heterocycles. The molecule has 0 spiro atoms. The predicted octanol–water partition coefficient (Wildman–Crippen LogP) is 2.00. The number of hydrogen-bond acceptors (Lipinski definition) is 2. The van der Waals surface area contributed by atoms with E-state index in [1.54, 1.807) is 9.58 Å². The van der Waals surface area contributed by atoms with Crippen molar-refractivity contribution in [2.75, 3.05) is 7.05 Å². The van der Waals surface area contributed by atoms with Crippen molar-refractivity contribution in [3.05, 3.63) is 53.3 Å². The first-order valence-corrected chi connectivity index (χ1v) is 5.87. The molecule has 2 aromatic rings. The Labute approximate surface area is 107 Å². The number of amides is 1. The molecule has 0 aliphatic carbocycles. The lowest BCUT2D eigenvalue weighted by Crippen LogP contribution is -2.26. The summed E-state index contributed by atoms with van der Waals surface area (Å²) in [6.45, 7) is 2.53. The minimum Gasteiger partial charge on any atom is -0.337 e. The molecular formula is C14H17N3O. The minimum atomic E-state index is 0.0267. The third-order valence-electron chi connectivity index (χ3n) is 2.89. The van der Waals surface area contributed by atoms with Gasteiger partial charge in [0.15, 0.2) is 0 Å². The molecule has 0 aliphatic rings. The van der Waals surface area contributed by atoms with Gasteiger partial charge in [0.2, 0.25) is 0 Å². The second kappa shape index (κ2) is 5.04. The Kier molecular flexibility index (Phi) is 3.46. The Hall–Kier alpha value is -2.10. The van der Waals surface area contributed by atoms with Gasteiger partial charge in [-0.2, -0.15) is 5.10 Å². The van der Waals surface area contributed by atoms with Crippen LogP contribution < -0.4 is 0 Å². The number of aryl methyl sites for hydroxylation is 2. The SMILES string of the molecule is Cc1nn(C)cc1CN(C)C(=O)c1ccccc1. The van der Waals surface area contributed by atoms with E-state index >= 15 is 0 Å². The van der Waals surface area contributed by atoms with E-state index in [-0.39, 0.29) is 5.91 Å². The molecular weight excluding hydrogens is 226 g/mol. The lowest BCUT2D eigenvalue weighted by molar-refractivity contribution is 0.0785. The van der Waals surface area contributed by atoms with E-state index in [0.717, 1.165) is 11.3 Å². The van der Waals surface area contributed by atoms with Crippen LogP contribution in [0, 0.1) is 6.92 Å². The molecule has 0 N–H and O–H groups in total. The van der Waals surface area contributed by atoms with Gasteiger partial charge in [-0.3, -0.25) is 9.48 Å². The van der Waals surface area contributed by atoms with Gasteiger partial charge in [-0.25, -0.2) is 0 Å². The third kappa shape index (κ3) is 2.59. The van der Waals surface area contributed by atoms with Crippen molar-refractivity contribution in [2.45, 2.75) is 13.5 Å². The molecule has 1 heterocycles. The molecule has 1 amide bonds. The number of aromatic nitrogens is 2. The number of benzene rings is 1. The molecule has 0 unspecified atom stereocenters. The average molecular weight is 243 g/mol. The quantitative estimate of drug-likeness (QED) is 0.827. The smallest absolute Gasteiger partial charge is 0.253 e. The number of carbonyl (C=O) groups excluding carboxylic acids is 1. The molecule has 2 rings (SSSR count). The summed E-state index contributed by atoms with van der Waals surface area (Å²) in [5, 5.41) is 4.27. The maximum absolute atomic E-state index is 12.2. The predicted molar refractivity (Wildman–Crippen MR) is 70.2 cm³/mol. The second-order valence-electron chi connectivity index (χ2n) is 4.44. The van der Waals surface area contributed by atoms with Crippen molar-refractivity contribution in [3.8, 4) is 0 Å². The molecule has 1 aromatic heterocycles. The summed E-state index contributed by atoms with van der Waals surface area (Å²) in [5.74, 6) is 0.0267. The first-order chi connectivity index (χ1) is 8.58. The van der Waals surface area contributed by atoms with Gasteiger partial charge >= 0.3 is 0 Å². The largest absolute Gasteiger partial charge is 0.337 e. The highest BCUT2D eigenvalue weighted by molar-refractivity contribution is 5.93. The van der Waals surface area contributed by atoms with Crippen molar-refractivity contribution >= 4 is 5.91 Å². The summed E-state index contributed by atoms with van der Waals surface area (Å²) in [5.41, 5.74) is 2.75. The van der Waals surface area contributed by atoms with Gasteiger partial charge in [0.05, 0.1) is 5.69 Å². The number of carbonyl (C=O) groups is 1. The van der Waals surface area contributed by atoms with Gasteiger partial charge < -0.3 is 4.90 Å². The zero-order valence-electron chi connectivity index (χ0n) is 10.9. The minimum absolute atomic E-state index is 0.0267. The van der Waals surface area contributed by atoms with E-state index < -0.39 is 0 Å². The highest BCUT2D eigenvalue weighted by atomic mass is 16.2. The fourth-order valence-electron chi connectivity index (χ4n) is 1.93. The summed E-state index contributed by atoms with van der Waals surface area (Å²) < 4.78 is 1.77. The monoisotopic (exact) mass is 243 g/mol. The summed E-state index contributed by atoms with van der Waals surface area (Å²) >= 11 is 0. The third-order valence-corrected chi connectivity index (χ3v) is 2.89. The summed E-state index contributed by atoms with van der Waals surface area (Å²) in [6.07, 6.45) is 1.95. The van der Waals surface area contributed by atoms with E-state index in [1.165, 1.54) is 0 Å². The van der Waals surface area contributed by atoms with Crippen LogP contribution in [0.4, 0.5) is 0 Å². The molecule has 0 saturated carbocycles. The van der Waals surface area contributed by atoms with E-state index in [1.807, 2.05) is 57.5 Å². The van der Waals surface area contributed by atoms with Crippen LogP contribution >= 0.6 is 0 Å². The fraction of sp³-hybridized carbons (Fsp3) is 0.286. The van der Waals surface area contributed by atoms with Gasteiger partial charge in [-0.15, -0.1) is 0 Å². The van der Waals surface area contributed by atoms with E-state index in [4.69, 9.17) is 0 Å². The fourth-order valence-corrected chi connectivity index (χ4v) is 1.93. The standard InChI is InChI=1S/C14H17N3O/c1-11-13(10-17(3)15-11)9-16(2)14(18)12-7-5-4-6-8-12/h4-8,10H,9H2,1-3H3. The Balaban J connectivity index is 2.11. The van der Waals surface area contributed by atoms with Gasteiger partial charge in [-0.1, -0.05) is 18.2 Å². The lowest BCUT2D eigenvalue weighted by atomic mass is 10.2. The molecule has 0 fully saturated rings. The second-order valence-corrected chi connectivity index (χ2v) is 4.44. The van der Waals surface area contributed by atoms with Crippen LogP contribution in [-0.4, -0.2) is 27.6 Å². The molecule has 0 aliphatic heterocycles. The molecule has 0 radical (unpaired) electrons. The zero-order chi connectivity index (χ0) is 13.1. The Morgan fingerprint density at radius 1 is 1.33 bits per heavy atom. The summed E-state index contributed by atoms with van der Waals surface area (Å²) in [4.78, 5) is 13.9. The average Bonchev–Trinajstić information content (AvgIpc) is 2.68. The van der Waals surface area contributed by atoms with Crippen molar-refractivity contribution in [3.63, 3.8) is 0 Å². The lowest BCUT2D eigenvalue weighted by Gasteiger charge is -2.16. The Morgan fingerprint density at radius 2 is 2.00 bits per heavy atom. The van der Waals surface area contributed by atoms with Crippen LogP contribution in [0.1, 0.15) is 21.6 Å². The zero-order valence-corrected chi connectivity index (χ0v) is 10.9. The van der Waals surface area contributed by atoms with Gasteiger partial charge in [0, 0.05) is 38.0 Å². The van der Waals surface area contributed by atoms with Crippen LogP contribution in [0.5, 0.6) is 0 Å².